The summed E-state index contributed by atoms with van der Waals surface area (Å²) in [6.07, 6.45) is 1.03. The number of benzene rings is 1. The Balaban J connectivity index is 2.08. The largest absolute Gasteiger partial charge is 0.481 e. The number of aliphatic carboxylic acids is 1. The van der Waals surface area contributed by atoms with E-state index < -0.39 is 11.9 Å². The van der Waals surface area contributed by atoms with Crippen LogP contribution in [0.15, 0.2) is 24.3 Å². The molecule has 22 heavy (non-hydrogen) atoms. The van der Waals surface area contributed by atoms with Crippen molar-refractivity contribution in [1.29, 1.82) is 0 Å². The van der Waals surface area contributed by atoms with Crippen molar-refractivity contribution >= 4 is 35.2 Å². The Morgan fingerprint density at radius 3 is 2.59 bits per heavy atom. The van der Waals surface area contributed by atoms with Crippen LogP contribution in [0.5, 0.6) is 0 Å². The molecule has 0 aliphatic carbocycles. The summed E-state index contributed by atoms with van der Waals surface area (Å²) in [4.78, 5) is 25.4. The Hall–Kier alpha value is -1.20. The molecule has 6 heteroatoms. The zero-order chi connectivity index (χ0) is 16.1. The van der Waals surface area contributed by atoms with E-state index in [1.807, 2.05) is 12.1 Å². The number of rotatable bonds is 6. The lowest BCUT2D eigenvalue weighted by Crippen LogP contribution is -2.31. The Morgan fingerprint density at radius 2 is 2.00 bits per heavy atom. The number of hydrogen-bond donors (Lipinski definition) is 1. The van der Waals surface area contributed by atoms with Crippen molar-refractivity contribution in [2.45, 2.75) is 19.3 Å². The topological polar surface area (TPSA) is 57.6 Å². The highest BCUT2D eigenvalue weighted by molar-refractivity contribution is 7.99. The molecule has 2 atom stereocenters. The molecule has 1 aromatic rings. The molecule has 1 amide bonds. The number of carbonyl (C=O) groups is 2. The lowest BCUT2D eigenvalue weighted by atomic mass is 9.89. The van der Waals surface area contributed by atoms with Gasteiger partial charge in [-0.2, -0.15) is 11.8 Å². The zero-order valence-electron chi connectivity index (χ0n) is 12.5. The lowest BCUT2D eigenvalue weighted by molar-refractivity contribution is -0.141. The number of halogens is 1. The fraction of sp³-hybridized carbons (Fsp3) is 0.500. The first-order valence-electron chi connectivity index (χ1n) is 7.36. The zero-order valence-corrected chi connectivity index (χ0v) is 14.1. The molecular formula is C16H20ClNO3S. The van der Waals surface area contributed by atoms with Crippen LogP contribution in [0.3, 0.4) is 0 Å². The van der Waals surface area contributed by atoms with Gasteiger partial charge in [-0.05, 0) is 29.9 Å². The van der Waals surface area contributed by atoms with Crippen LogP contribution in [0.1, 0.15) is 24.8 Å². The molecule has 120 valence electrons. The molecule has 1 N–H and O–H groups in total. The first kappa shape index (κ1) is 17.2. The third kappa shape index (κ3) is 4.17. The summed E-state index contributed by atoms with van der Waals surface area (Å²) >= 11 is 7.48. The molecule has 4 nitrogen and oxygen atoms in total. The first-order chi connectivity index (χ1) is 10.5. The summed E-state index contributed by atoms with van der Waals surface area (Å²) in [7, 11) is 0. The maximum absolute atomic E-state index is 12.2. The molecule has 1 fully saturated rings. The van der Waals surface area contributed by atoms with E-state index in [0.29, 0.717) is 17.3 Å². The number of nitrogens with zero attached hydrogens (tertiary/aromatic N) is 1. The summed E-state index contributed by atoms with van der Waals surface area (Å²) < 4.78 is 0. The number of hydrogen-bond acceptors (Lipinski definition) is 3. The molecule has 1 aromatic carbocycles. The summed E-state index contributed by atoms with van der Waals surface area (Å²) in [5.41, 5.74) is 0.924. The fourth-order valence-corrected chi connectivity index (χ4v) is 3.62. The maximum atomic E-state index is 12.2. The molecule has 1 aliphatic heterocycles. The predicted molar refractivity (Wildman–Crippen MR) is 89.5 cm³/mol. The molecule has 0 radical (unpaired) electrons. The standard InChI is InChI=1S/C16H20ClNO3S/c1-2-7-22-10-15(19)18-8-13(14(9-18)16(20)21)11-3-5-12(17)6-4-11/h3-6,13-14H,2,7-10H2,1H3,(H,20,21)/t13-,14+/m0/s1. The van der Waals surface area contributed by atoms with Crippen molar-refractivity contribution in [2.75, 3.05) is 24.6 Å². The molecule has 1 aliphatic rings. The van der Waals surface area contributed by atoms with Crippen LogP contribution in [-0.4, -0.2) is 46.5 Å². The van der Waals surface area contributed by atoms with Crippen molar-refractivity contribution in [2.24, 2.45) is 5.92 Å². The van der Waals surface area contributed by atoms with E-state index in [9.17, 15) is 14.7 Å². The van der Waals surface area contributed by atoms with Gasteiger partial charge < -0.3 is 10.0 Å². The molecule has 0 spiro atoms. The van der Waals surface area contributed by atoms with Crippen molar-refractivity contribution in [1.82, 2.24) is 4.90 Å². The van der Waals surface area contributed by atoms with Gasteiger partial charge in [-0.15, -0.1) is 0 Å². The van der Waals surface area contributed by atoms with Crippen LogP contribution < -0.4 is 0 Å². The average Bonchev–Trinajstić information content (AvgIpc) is 2.93. The molecule has 0 bridgehead atoms. The van der Waals surface area contributed by atoms with E-state index in [1.54, 1.807) is 28.8 Å². The Morgan fingerprint density at radius 1 is 1.32 bits per heavy atom. The smallest absolute Gasteiger partial charge is 0.308 e. The van der Waals surface area contributed by atoms with Crippen LogP contribution in [0.4, 0.5) is 0 Å². The molecule has 1 heterocycles. The van der Waals surface area contributed by atoms with Crippen molar-refractivity contribution in [3.8, 4) is 0 Å². The van der Waals surface area contributed by atoms with Crippen LogP contribution in [-0.2, 0) is 9.59 Å². The summed E-state index contributed by atoms with van der Waals surface area (Å²) in [6.45, 7) is 2.82. The lowest BCUT2D eigenvalue weighted by Gasteiger charge is -2.16. The number of likely N-dealkylation sites (tertiary alicyclic amines) is 1. The number of thioether (sulfide) groups is 1. The van der Waals surface area contributed by atoms with E-state index in [1.165, 1.54) is 0 Å². The normalized spacial score (nSPS) is 21.1. The van der Waals surface area contributed by atoms with Crippen LogP contribution in [0.2, 0.25) is 5.02 Å². The fourth-order valence-electron chi connectivity index (χ4n) is 2.70. The van der Waals surface area contributed by atoms with E-state index in [-0.39, 0.29) is 18.4 Å². The first-order valence-corrected chi connectivity index (χ1v) is 8.90. The van der Waals surface area contributed by atoms with Gasteiger partial charge >= 0.3 is 5.97 Å². The number of carboxylic acid groups (broad SMARTS) is 1. The predicted octanol–water partition coefficient (Wildman–Crippen LogP) is 3.11. The van der Waals surface area contributed by atoms with Gasteiger partial charge in [0.2, 0.25) is 5.91 Å². The molecule has 1 saturated heterocycles. The van der Waals surface area contributed by atoms with Crippen molar-refractivity contribution in [3.63, 3.8) is 0 Å². The maximum Gasteiger partial charge on any atom is 0.308 e. The average molecular weight is 342 g/mol. The second-order valence-corrected chi connectivity index (χ2v) is 7.00. The SMILES string of the molecule is CCCSCC(=O)N1C[C@@H](C(=O)O)[C@H](c2ccc(Cl)cc2)C1. The number of carboxylic acids is 1. The highest BCUT2D eigenvalue weighted by atomic mass is 35.5. The second kappa shape index (κ2) is 7.88. The van der Waals surface area contributed by atoms with Gasteiger partial charge in [0, 0.05) is 24.0 Å². The van der Waals surface area contributed by atoms with Crippen molar-refractivity contribution < 1.29 is 14.7 Å². The van der Waals surface area contributed by atoms with E-state index in [0.717, 1.165) is 17.7 Å². The van der Waals surface area contributed by atoms with Gasteiger partial charge in [0.05, 0.1) is 11.7 Å². The van der Waals surface area contributed by atoms with E-state index in [2.05, 4.69) is 6.92 Å². The Kier molecular flexibility index (Phi) is 6.15. The highest BCUT2D eigenvalue weighted by Gasteiger charge is 2.40. The van der Waals surface area contributed by atoms with E-state index >= 15 is 0 Å². The Bertz CT molecular complexity index is 535. The molecule has 2 rings (SSSR count). The summed E-state index contributed by atoms with van der Waals surface area (Å²) in [5, 5.41) is 10.1. The molecule has 0 aromatic heterocycles. The highest BCUT2D eigenvalue weighted by Crippen LogP contribution is 2.33. The summed E-state index contributed by atoms with van der Waals surface area (Å²) in [5.74, 6) is -0.176. The minimum Gasteiger partial charge on any atom is -0.481 e. The number of amides is 1. The van der Waals surface area contributed by atoms with Gasteiger partial charge in [-0.1, -0.05) is 30.7 Å². The Labute approximate surface area is 139 Å². The van der Waals surface area contributed by atoms with Gasteiger partial charge in [-0.3, -0.25) is 9.59 Å². The summed E-state index contributed by atoms with van der Waals surface area (Å²) in [6, 6.07) is 7.22. The third-order valence-corrected chi connectivity index (χ3v) is 5.26. The monoisotopic (exact) mass is 341 g/mol. The molecular weight excluding hydrogens is 322 g/mol. The van der Waals surface area contributed by atoms with E-state index in [4.69, 9.17) is 11.6 Å². The minimum absolute atomic E-state index is 0.0289. The van der Waals surface area contributed by atoms with Gasteiger partial charge in [0.25, 0.3) is 0 Å². The molecule has 0 unspecified atom stereocenters. The van der Waals surface area contributed by atoms with Crippen LogP contribution in [0.25, 0.3) is 0 Å². The molecule has 0 saturated carbocycles. The van der Waals surface area contributed by atoms with Gasteiger partial charge in [-0.25, -0.2) is 0 Å². The van der Waals surface area contributed by atoms with Gasteiger partial charge in [0.1, 0.15) is 0 Å². The third-order valence-electron chi connectivity index (χ3n) is 3.86. The van der Waals surface area contributed by atoms with Crippen LogP contribution >= 0.6 is 23.4 Å². The van der Waals surface area contributed by atoms with Crippen molar-refractivity contribution in [3.05, 3.63) is 34.9 Å². The minimum atomic E-state index is -0.850. The quantitative estimate of drug-likeness (QED) is 0.808. The van der Waals surface area contributed by atoms with Crippen LogP contribution in [0, 0.1) is 5.92 Å². The number of carbonyl (C=O) groups excluding carboxylic acids is 1. The second-order valence-electron chi connectivity index (χ2n) is 5.45. The van der Waals surface area contributed by atoms with Gasteiger partial charge in [0.15, 0.2) is 0 Å².